The fourth-order valence-corrected chi connectivity index (χ4v) is 2.28. The molecule has 0 amide bonds. The van der Waals surface area contributed by atoms with Crippen LogP contribution in [0.15, 0.2) is 36.4 Å². The lowest BCUT2D eigenvalue weighted by atomic mass is 10.2. The Morgan fingerprint density at radius 2 is 1.67 bits per heavy atom. The second-order valence-electron chi connectivity index (χ2n) is 3.76. The van der Waals surface area contributed by atoms with Gasteiger partial charge in [-0.25, -0.2) is 0 Å². The second-order valence-corrected chi connectivity index (χ2v) is 5.04. The molecule has 5 heteroatoms. The first-order valence-corrected chi connectivity index (χ1v) is 6.36. The smallest absolute Gasteiger partial charge is 0.139 e. The lowest BCUT2D eigenvalue weighted by Crippen LogP contribution is -1.99. The summed E-state index contributed by atoms with van der Waals surface area (Å²) in [5, 5.41) is 14.3. The number of phenolic OH excluding ortho intramolecular Hbond substituents is 1. The molecule has 0 spiro atoms. The molecule has 0 saturated heterocycles. The molecule has 2 nitrogen and oxygen atoms in total. The SMILES string of the molecule is Oc1c(Cl)cccc1CNc1cc(Cl)cc(Cl)c1. The van der Waals surface area contributed by atoms with E-state index in [1.165, 1.54) is 0 Å². The van der Waals surface area contributed by atoms with Gasteiger partial charge in [0.25, 0.3) is 0 Å². The van der Waals surface area contributed by atoms with Crippen LogP contribution < -0.4 is 5.32 Å². The van der Waals surface area contributed by atoms with Gasteiger partial charge in [-0.2, -0.15) is 0 Å². The molecule has 0 aliphatic carbocycles. The van der Waals surface area contributed by atoms with Crippen LogP contribution in [0.1, 0.15) is 5.56 Å². The van der Waals surface area contributed by atoms with Crippen molar-refractivity contribution in [1.82, 2.24) is 0 Å². The van der Waals surface area contributed by atoms with Gasteiger partial charge in [-0.1, -0.05) is 46.9 Å². The van der Waals surface area contributed by atoms with Crippen molar-refractivity contribution in [2.24, 2.45) is 0 Å². The molecule has 2 rings (SSSR count). The summed E-state index contributed by atoms with van der Waals surface area (Å²) < 4.78 is 0. The Kier molecular flexibility index (Phi) is 4.23. The largest absolute Gasteiger partial charge is 0.506 e. The summed E-state index contributed by atoms with van der Waals surface area (Å²) >= 11 is 17.6. The van der Waals surface area contributed by atoms with E-state index in [-0.39, 0.29) is 5.75 Å². The first kappa shape index (κ1) is 13.3. The minimum Gasteiger partial charge on any atom is -0.506 e. The maximum absolute atomic E-state index is 9.76. The molecule has 0 aliphatic heterocycles. The van der Waals surface area contributed by atoms with Crippen molar-refractivity contribution in [3.63, 3.8) is 0 Å². The monoisotopic (exact) mass is 301 g/mol. The number of halogens is 3. The molecule has 0 heterocycles. The molecule has 94 valence electrons. The van der Waals surface area contributed by atoms with Crippen LogP contribution >= 0.6 is 34.8 Å². The van der Waals surface area contributed by atoms with Crippen molar-refractivity contribution in [1.29, 1.82) is 0 Å². The lowest BCUT2D eigenvalue weighted by Gasteiger charge is -2.09. The summed E-state index contributed by atoms with van der Waals surface area (Å²) in [6.07, 6.45) is 0. The summed E-state index contributed by atoms with van der Waals surface area (Å²) in [6, 6.07) is 10.4. The molecular formula is C13H10Cl3NO. The quantitative estimate of drug-likeness (QED) is 0.839. The van der Waals surface area contributed by atoms with E-state index in [0.717, 1.165) is 5.69 Å². The van der Waals surface area contributed by atoms with Crippen LogP contribution in [0.3, 0.4) is 0 Å². The zero-order valence-electron chi connectivity index (χ0n) is 9.25. The number of phenols is 1. The van der Waals surface area contributed by atoms with E-state index in [1.54, 1.807) is 36.4 Å². The average molecular weight is 303 g/mol. The molecule has 2 N–H and O–H groups in total. The molecule has 0 saturated carbocycles. The second kappa shape index (κ2) is 5.70. The van der Waals surface area contributed by atoms with Crippen molar-refractivity contribution in [3.8, 4) is 5.75 Å². The van der Waals surface area contributed by atoms with Crippen LogP contribution in [-0.2, 0) is 6.54 Å². The van der Waals surface area contributed by atoms with E-state index in [4.69, 9.17) is 34.8 Å². The summed E-state index contributed by atoms with van der Waals surface area (Å²) in [6.45, 7) is 0.434. The maximum Gasteiger partial charge on any atom is 0.139 e. The van der Waals surface area contributed by atoms with Crippen LogP contribution in [0.25, 0.3) is 0 Å². The molecule has 0 radical (unpaired) electrons. The van der Waals surface area contributed by atoms with E-state index < -0.39 is 0 Å². The Morgan fingerprint density at radius 3 is 2.33 bits per heavy atom. The predicted octanol–water partition coefficient (Wildman–Crippen LogP) is 4.96. The average Bonchev–Trinajstić information content (AvgIpc) is 2.30. The van der Waals surface area contributed by atoms with E-state index in [2.05, 4.69) is 5.32 Å². The van der Waals surface area contributed by atoms with Gasteiger partial charge in [0.05, 0.1) is 5.02 Å². The minimum atomic E-state index is 0.0831. The zero-order chi connectivity index (χ0) is 13.1. The van der Waals surface area contributed by atoms with Crippen LogP contribution in [0.2, 0.25) is 15.1 Å². The number of anilines is 1. The Morgan fingerprint density at radius 1 is 1.00 bits per heavy atom. The first-order chi connectivity index (χ1) is 8.56. The highest BCUT2D eigenvalue weighted by Gasteiger charge is 2.05. The molecule has 0 aromatic heterocycles. The Hall–Kier alpha value is -1.09. The number of hydrogen-bond donors (Lipinski definition) is 2. The van der Waals surface area contributed by atoms with E-state index in [9.17, 15) is 5.11 Å². The van der Waals surface area contributed by atoms with Gasteiger partial charge < -0.3 is 10.4 Å². The summed E-state index contributed by atoms with van der Waals surface area (Å²) in [7, 11) is 0. The molecule has 0 bridgehead atoms. The molecular weight excluding hydrogens is 293 g/mol. The number of para-hydroxylation sites is 1. The van der Waals surface area contributed by atoms with Gasteiger partial charge >= 0.3 is 0 Å². The third-order valence-electron chi connectivity index (χ3n) is 2.42. The summed E-state index contributed by atoms with van der Waals surface area (Å²) in [5.41, 5.74) is 1.49. The van der Waals surface area contributed by atoms with Crippen molar-refractivity contribution >= 4 is 40.5 Å². The van der Waals surface area contributed by atoms with Gasteiger partial charge in [0.2, 0.25) is 0 Å². The van der Waals surface area contributed by atoms with E-state index >= 15 is 0 Å². The number of benzene rings is 2. The Balaban J connectivity index is 2.14. The van der Waals surface area contributed by atoms with Crippen molar-refractivity contribution in [3.05, 3.63) is 57.0 Å². The molecule has 0 atom stereocenters. The Bertz CT molecular complexity index is 552. The fraction of sp³-hybridized carbons (Fsp3) is 0.0769. The van der Waals surface area contributed by atoms with Crippen molar-refractivity contribution in [2.75, 3.05) is 5.32 Å². The lowest BCUT2D eigenvalue weighted by molar-refractivity contribution is 0.469. The van der Waals surface area contributed by atoms with Gasteiger partial charge in [0.1, 0.15) is 5.75 Å². The highest BCUT2D eigenvalue weighted by Crippen LogP contribution is 2.28. The van der Waals surface area contributed by atoms with E-state index in [0.29, 0.717) is 27.2 Å². The number of hydrogen-bond acceptors (Lipinski definition) is 2. The fourth-order valence-electron chi connectivity index (χ4n) is 1.56. The molecule has 0 fully saturated rings. The summed E-state index contributed by atoms with van der Waals surface area (Å²) in [4.78, 5) is 0. The molecule has 2 aromatic carbocycles. The minimum absolute atomic E-state index is 0.0831. The van der Waals surface area contributed by atoms with Crippen LogP contribution in [0, 0.1) is 0 Å². The van der Waals surface area contributed by atoms with E-state index in [1.807, 2.05) is 0 Å². The molecule has 2 aromatic rings. The standard InChI is InChI=1S/C13H10Cl3NO/c14-9-4-10(15)6-11(5-9)17-7-8-2-1-3-12(16)13(8)18/h1-6,17-18H,7H2. The number of nitrogens with one attached hydrogen (secondary N) is 1. The highest BCUT2D eigenvalue weighted by molar-refractivity contribution is 6.35. The molecule has 0 aliphatic rings. The third-order valence-corrected chi connectivity index (χ3v) is 3.16. The molecule has 0 unspecified atom stereocenters. The number of aromatic hydroxyl groups is 1. The predicted molar refractivity (Wildman–Crippen MR) is 76.9 cm³/mol. The maximum atomic E-state index is 9.76. The zero-order valence-corrected chi connectivity index (χ0v) is 11.5. The topological polar surface area (TPSA) is 32.3 Å². The van der Waals surface area contributed by atoms with Gasteiger partial charge in [-0.3, -0.25) is 0 Å². The Labute approximate surface area is 120 Å². The van der Waals surface area contributed by atoms with Crippen molar-refractivity contribution in [2.45, 2.75) is 6.54 Å². The van der Waals surface area contributed by atoms with Crippen LogP contribution in [0.4, 0.5) is 5.69 Å². The summed E-state index contributed by atoms with van der Waals surface area (Å²) in [5.74, 6) is 0.0831. The van der Waals surface area contributed by atoms with Crippen LogP contribution in [-0.4, -0.2) is 5.11 Å². The first-order valence-electron chi connectivity index (χ1n) is 5.22. The van der Waals surface area contributed by atoms with Crippen LogP contribution in [0.5, 0.6) is 5.75 Å². The van der Waals surface area contributed by atoms with Gasteiger partial charge in [-0.15, -0.1) is 0 Å². The highest BCUT2D eigenvalue weighted by atomic mass is 35.5. The number of rotatable bonds is 3. The van der Waals surface area contributed by atoms with Gasteiger partial charge in [0.15, 0.2) is 0 Å². The third kappa shape index (κ3) is 3.22. The molecule has 18 heavy (non-hydrogen) atoms. The van der Waals surface area contributed by atoms with Crippen molar-refractivity contribution < 1.29 is 5.11 Å². The normalized spacial score (nSPS) is 10.4. The van der Waals surface area contributed by atoms with Gasteiger partial charge in [-0.05, 0) is 24.3 Å². The van der Waals surface area contributed by atoms with Gasteiger partial charge in [0, 0.05) is 27.8 Å².